The van der Waals surface area contributed by atoms with Crippen LogP contribution in [0.25, 0.3) is 0 Å². The molecule has 1 aromatic rings. The molecule has 19 heavy (non-hydrogen) atoms. The summed E-state index contributed by atoms with van der Waals surface area (Å²) in [6, 6.07) is 3.12. The quantitative estimate of drug-likeness (QED) is 0.878. The van der Waals surface area contributed by atoms with Crippen molar-refractivity contribution in [2.75, 3.05) is 6.54 Å². The smallest absolute Gasteiger partial charge is 0.242 e. The lowest BCUT2D eigenvalue weighted by Gasteiger charge is -2.30. The van der Waals surface area contributed by atoms with Gasteiger partial charge in [0.05, 0.1) is 0 Å². The van der Waals surface area contributed by atoms with Crippen molar-refractivity contribution in [1.82, 2.24) is 9.71 Å². The molecule has 1 saturated carbocycles. The standard InChI is InChI=1S/C12H19N3O2S.ClH/c13-8-10-4-1-2-6-12(10)15-18(16,17)11-5-3-7-14-9-11;/h3,5,7,9-10,12,15H,1-2,4,6,8,13H2;1H. The van der Waals surface area contributed by atoms with Crippen molar-refractivity contribution < 1.29 is 8.42 Å². The first-order chi connectivity index (χ1) is 8.63. The van der Waals surface area contributed by atoms with E-state index in [0.29, 0.717) is 6.54 Å². The maximum Gasteiger partial charge on any atom is 0.242 e. The van der Waals surface area contributed by atoms with Crippen LogP contribution in [-0.2, 0) is 10.0 Å². The van der Waals surface area contributed by atoms with Gasteiger partial charge in [-0.25, -0.2) is 13.1 Å². The summed E-state index contributed by atoms with van der Waals surface area (Å²) in [6.45, 7) is 0.528. The zero-order valence-electron chi connectivity index (χ0n) is 10.7. The van der Waals surface area contributed by atoms with Crippen LogP contribution in [0.2, 0.25) is 0 Å². The van der Waals surface area contributed by atoms with Crippen LogP contribution in [0.3, 0.4) is 0 Å². The van der Waals surface area contributed by atoms with E-state index in [1.54, 1.807) is 18.3 Å². The normalized spacial score (nSPS) is 23.6. The number of pyridine rings is 1. The van der Waals surface area contributed by atoms with Gasteiger partial charge >= 0.3 is 0 Å². The second kappa shape index (κ2) is 7.19. The fourth-order valence-electron chi connectivity index (χ4n) is 2.42. The Morgan fingerprint density at radius 2 is 2.11 bits per heavy atom. The lowest BCUT2D eigenvalue weighted by molar-refractivity contribution is 0.296. The summed E-state index contributed by atoms with van der Waals surface area (Å²) < 4.78 is 27.1. The summed E-state index contributed by atoms with van der Waals surface area (Å²) in [5.41, 5.74) is 5.70. The number of aromatic nitrogens is 1. The van der Waals surface area contributed by atoms with Crippen molar-refractivity contribution >= 4 is 22.4 Å². The number of sulfonamides is 1. The third kappa shape index (κ3) is 4.14. The van der Waals surface area contributed by atoms with E-state index in [1.165, 1.54) is 6.20 Å². The number of nitrogens with one attached hydrogen (secondary N) is 1. The summed E-state index contributed by atoms with van der Waals surface area (Å²) in [5.74, 6) is 0.241. The molecule has 7 heteroatoms. The van der Waals surface area contributed by atoms with E-state index in [0.717, 1.165) is 25.7 Å². The van der Waals surface area contributed by atoms with Crippen LogP contribution in [0, 0.1) is 5.92 Å². The van der Waals surface area contributed by atoms with E-state index in [9.17, 15) is 8.42 Å². The number of hydrogen-bond acceptors (Lipinski definition) is 4. The summed E-state index contributed by atoms with van der Waals surface area (Å²) in [7, 11) is -3.47. The number of halogens is 1. The van der Waals surface area contributed by atoms with E-state index < -0.39 is 10.0 Å². The average Bonchev–Trinajstić information content (AvgIpc) is 2.40. The van der Waals surface area contributed by atoms with E-state index >= 15 is 0 Å². The third-order valence-electron chi connectivity index (χ3n) is 3.46. The van der Waals surface area contributed by atoms with E-state index in [-0.39, 0.29) is 29.3 Å². The molecule has 2 unspecified atom stereocenters. The van der Waals surface area contributed by atoms with Gasteiger partial charge in [0.2, 0.25) is 10.0 Å². The van der Waals surface area contributed by atoms with Gasteiger partial charge in [-0.05, 0) is 37.4 Å². The van der Waals surface area contributed by atoms with E-state index in [4.69, 9.17) is 5.73 Å². The third-order valence-corrected chi connectivity index (χ3v) is 4.94. The monoisotopic (exact) mass is 305 g/mol. The molecule has 5 nitrogen and oxygen atoms in total. The van der Waals surface area contributed by atoms with Crippen LogP contribution in [-0.4, -0.2) is 26.0 Å². The van der Waals surface area contributed by atoms with Crippen molar-refractivity contribution in [3.63, 3.8) is 0 Å². The Hall–Kier alpha value is -0.690. The zero-order valence-corrected chi connectivity index (χ0v) is 12.3. The highest BCUT2D eigenvalue weighted by molar-refractivity contribution is 7.89. The molecule has 0 radical (unpaired) electrons. The first kappa shape index (κ1) is 16.4. The minimum absolute atomic E-state index is 0. The molecule has 0 aliphatic heterocycles. The van der Waals surface area contributed by atoms with Crippen molar-refractivity contribution in [3.8, 4) is 0 Å². The Balaban J connectivity index is 0.00000180. The van der Waals surface area contributed by atoms with Gasteiger partial charge in [-0.1, -0.05) is 12.8 Å². The Morgan fingerprint density at radius 3 is 2.74 bits per heavy atom. The maximum absolute atomic E-state index is 12.2. The van der Waals surface area contributed by atoms with Crippen molar-refractivity contribution in [1.29, 1.82) is 0 Å². The Morgan fingerprint density at radius 1 is 1.37 bits per heavy atom. The molecule has 2 rings (SSSR count). The van der Waals surface area contributed by atoms with Gasteiger partial charge < -0.3 is 5.73 Å². The number of nitrogens with two attached hydrogens (primary N) is 1. The van der Waals surface area contributed by atoms with Gasteiger partial charge in [0.25, 0.3) is 0 Å². The van der Waals surface area contributed by atoms with Gasteiger partial charge in [0.1, 0.15) is 4.90 Å². The van der Waals surface area contributed by atoms with Gasteiger partial charge in [0, 0.05) is 18.4 Å². The predicted molar refractivity (Wildman–Crippen MR) is 76.6 cm³/mol. The van der Waals surface area contributed by atoms with E-state index in [1.807, 2.05) is 0 Å². The van der Waals surface area contributed by atoms with E-state index in [2.05, 4.69) is 9.71 Å². The van der Waals surface area contributed by atoms with Gasteiger partial charge in [-0.3, -0.25) is 4.98 Å². The van der Waals surface area contributed by atoms with Crippen molar-refractivity contribution in [2.24, 2.45) is 11.7 Å². The van der Waals surface area contributed by atoms with Crippen LogP contribution in [0.15, 0.2) is 29.4 Å². The molecule has 0 amide bonds. The first-order valence-corrected chi connectivity index (χ1v) is 7.74. The zero-order chi connectivity index (χ0) is 13.0. The van der Waals surface area contributed by atoms with Crippen molar-refractivity contribution in [3.05, 3.63) is 24.5 Å². The summed E-state index contributed by atoms with van der Waals surface area (Å²) in [4.78, 5) is 4.05. The molecule has 1 heterocycles. The number of nitrogens with zero attached hydrogens (tertiary/aromatic N) is 1. The van der Waals surface area contributed by atoms with Crippen LogP contribution in [0.4, 0.5) is 0 Å². The van der Waals surface area contributed by atoms with Gasteiger partial charge in [-0.15, -0.1) is 12.4 Å². The summed E-state index contributed by atoms with van der Waals surface area (Å²) in [6.07, 6.45) is 6.97. The molecule has 2 atom stereocenters. The van der Waals surface area contributed by atoms with Crippen LogP contribution >= 0.6 is 12.4 Å². The lowest BCUT2D eigenvalue weighted by atomic mass is 9.85. The maximum atomic E-state index is 12.2. The molecule has 108 valence electrons. The largest absolute Gasteiger partial charge is 0.330 e. The highest BCUT2D eigenvalue weighted by Crippen LogP contribution is 2.24. The number of hydrogen-bond donors (Lipinski definition) is 2. The van der Waals surface area contributed by atoms with Crippen LogP contribution < -0.4 is 10.5 Å². The molecule has 3 N–H and O–H groups in total. The SMILES string of the molecule is Cl.NCC1CCCCC1NS(=O)(=O)c1cccnc1. The Bertz CT molecular complexity index is 481. The molecule has 0 spiro atoms. The topological polar surface area (TPSA) is 85.1 Å². The highest BCUT2D eigenvalue weighted by Gasteiger charge is 2.28. The number of rotatable bonds is 4. The van der Waals surface area contributed by atoms with Gasteiger partial charge in [0.15, 0.2) is 0 Å². The second-order valence-electron chi connectivity index (χ2n) is 4.70. The Labute approximate surface area is 120 Å². The molecular formula is C12H20ClN3O2S. The summed E-state index contributed by atoms with van der Waals surface area (Å²) in [5, 5.41) is 0. The average molecular weight is 306 g/mol. The molecule has 0 saturated heterocycles. The Kier molecular flexibility index (Phi) is 6.19. The minimum atomic E-state index is -3.47. The second-order valence-corrected chi connectivity index (χ2v) is 6.41. The minimum Gasteiger partial charge on any atom is -0.330 e. The molecule has 0 bridgehead atoms. The fourth-order valence-corrected chi connectivity index (χ4v) is 3.72. The fraction of sp³-hybridized carbons (Fsp3) is 0.583. The molecule has 1 fully saturated rings. The molecule has 1 aromatic heterocycles. The van der Waals surface area contributed by atoms with Crippen LogP contribution in [0.1, 0.15) is 25.7 Å². The highest BCUT2D eigenvalue weighted by atomic mass is 35.5. The van der Waals surface area contributed by atoms with Crippen molar-refractivity contribution in [2.45, 2.75) is 36.6 Å². The molecule has 1 aliphatic carbocycles. The lowest BCUT2D eigenvalue weighted by Crippen LogP contribution is -2.44. The summed E-state index contributed by atoms with van der Waals surface area (Å²) >= 11 is 0. The molecule has 1 aliphatic rings. The van der Waals surface area contributed by atoms with Gasteiger partial charge in [-0.2, -0.15) is 0 Å². The first-order valence-electron chi connectivity index (χ1n) is 6.26. The van der Waals surface area contributed by atoms with Crippen LogP contribution in [0.5, 0.6) is 0 Å². The predicted octanol–water partition coefficient (Wildman–Crippen LogP) is 1.30. The molecule has 0 aromatic carbocycles. The molecular weight excluding hydrogens is 286 g/mol.